The van der Waals surface area contributed by atoms with Crippen LogP contribution in [0.1, 0.15) is 10.4 Å². The molecular weight excluding hydrogens is 373 g/mol. The van der Waals surface area contributed by atoms with Gasteiger partial charge in [-0.1, -0.05) is 23.2 Å². The molecule has 2 aromatic rings. The Morgan fingerprint density at radius 1 is 1.04 bits per heavy atom. The number of rotatable bonds is 5. The summed E-state index contributed by atoms with van der Waals surface area (Å²) in [6.07, 6.45) is 0. The molecule has 0 saturated carbocycles. The third-order valence-electron chi connectivity index (χ3n) is 2.86. The normalized spacial score (nSPS) is 10.0. The van der Waals surface area contributed by atoms with Crippen LogP contribution < -0.4 is 15.6 Å². The van der Waals surface area contributed by atoms with Gasteiger partial charge < -0.3 is 4.74 Å². The van der Waals surface area contributed by atoms with Crippen LogP contribution in [0.2, 0.25) is 10.0 Å². The van der Waals surface area contributed by atoms with E-state index in [-0.39, 0.29) is 27.0 Å². The molecule has 10 heteroatoms. The number of hydrazine groups is 1. The molecular formula is C15H11Cl2N3O5. The summed E-state index contributed by atoms with van der Waals surface area (Å²) in [4.78, 5) is 33.5. The highest BCUT2D eigenvalue weighted by atomic mass is 35.5. The van der Waals surface area contributed by atoms with E-state index in [9.17, 15) is 19.7 Å². The maximum absolute atomic E-state index is 11.9. The summed E-state index contributed by atoms with van der Waals surface area (Å²) in [5, 5.41) is 11.1. The average molecular weight is 384 g/mol. The molecule has 2 aromatic carbocycles. The molecule has 0 aliphatic heterocycles. The van der Waals surface area contributed by atoms with Crippen molar-refractivity contribution in [3.63, 3.8) is 0 Å². The molecule has 0 aliphatic rings. The number of amides is 2. The average Bonchev–Trinajstić information content (AvgIpc) is 2.57. The van der Waals surface area contributed by atoms with Crippen LogP contribution >= 0.6 is 23.2 Å². The monoisotopic (exact) mass is 383 g/mol. The molecule has 25 heavy (non-hydrogen) atoms. The predicted molar refractivity (Wildman–Crippen MR) is 90.7 cm³/mol. The molecule has 0 aliphatic carbocycles. The van der Waals surface area contributed by atoms with Gasteiger partial charge in [-0.05, 0) is 30.3 Å². The van der Waals surface area contributed by atoms with Gasteiger partial charge in [0.2, 0.25) is 0 Å². The van der Waals surface area contributed by atoms with Crippen LogP contribution in [-0.2, 0) is 4.79 Å². The first-order valence-corrected chi connectivity index (χ1v) is 7.53. The number of nitro groups is 1. The van der Waals surface area contributed by atoms with Crippen molar-refractivity contribution < 1.29 is 19.2 Å². The third kappa shape index (κ3) is 5.63. The van der Waals surface area contributed by atoms with Crippen molar-refractivity contribution in [1.29, 1.82) is 0 Å². The van der Waals surface area contributed by atoms with E-state index in [1.807, 2.05) is 0 Å². The van der Waals surface area contributed by atoms with Crippen molar-refractivity contribution in [1.82, 2.24) is 10.9 Å². The lowest BCUT2D eigenvalue weighted by molar-refractivity contribution is -0.384. The molecule has 2 N–H and O–H groups in total. The highest BCUT2D eigenvalue weighted by Crippen LogP contribution is 2.19. The number of ether oxygens (including phenoxy) is 1. The highest BCUT2D eigenvalue weighted by molar-refractivity contribution is 6.35. The lowest BCUT2D eigenvalue weighted by Crippen LogP contribution is -2.43. The lowest BCUT2D eigenvalue weighted by atomic mass is 10.2. The number of nitrogens with zero attached hydrogens (tertiary/aromatic N) is 1. The van der Waals surface area contributed by atoms with E-state index in [4.69, 9.17) is 27.9 Å². The SMILES string of the molecule is O=C(COc1ccc([N+](=O)[O-])cc1)NNC(=O)c1cc(Cl)cc(Cl)c1. The first-order chi connectivity index (χ1) is 11.8. The predicted octanol–water partition coefficient (Wildman–Crippen LogP) is 2.74. The Hall–Kier alpha value is -2.84. The Bertz CT molecular complexity index is 791. The molecule has 2 rings (SSSR count). The van der Waals surface area contributed by atoms with Crippen molar-refractivity contribution in [2.75, 3.05) is 6.61 Å². The Labute approximate surface area is 151 Å². The van der Waals surface area contributed by atoms with Gasteiger partial charge >= 0.3 is 0 Å². The van der Waals surface area contributed by atoms with Gasteiger partial charge in [-0.3, -0.25) is 30.6 Å². The van der Waals surface area contributed by atoms with Gasteiger partial charge in [-0.2, -0.15) is 0 Å². The molecule has 0 radical (unpaired) electrons. The van der Waals surface area contributed by atoms with Crippen molar-refractivity contribution in [3.05, 3.63) is 68.2 Å². The second-order valence-electron chi connectivity index (χ2n) is 4.70. The summed E-state index contributed by atoms with van der Waals surface area (Å²) in [5.41, 5.74) is 4.43. The fourth-order valence-electron chi connectivity index (χ4n) is 1.73. The number of carbonyl (C=O) groups is 2. The van der Waals surface area contributed by atoms with Crippen molar-refractivity contribution in [2.24, 2.45) is 0 Å². The van der Waals surface area contributed by atoms with E-state index >= 15 is 0 Å². The first-order valence-electron chi connectivity index (χ1n) is 6.77. The van der Waals surface area contributed by atoms with Crippen LogP contribution in [-0.4, -0.2) is 23.3 Å². The zero-order valence-electron chi connectivity index (χ0n) is 12.5. The Morgan fingerprint density at radius 3 is 2.20 bits per heavy atom. The van der Waals surface area contributed by atoms with Crippen molar-refractivity contribution in [3.8, 4) is 5.75 Å². The number of hydrogen-bond acceptors (Lipinski definition) is 5. The van der Waals surface area contributed by atoms with E-state index in [1.54, 1.807) is 0 Å². The molecule has 0 unspecified atom stereocenters. The van der Waals surface area contributed by atoms with Crippen LogP contribution in [0.3, 0.4) is 0 Å². The van der Waals surface area contributed by atoms with Crippen LogP contribution in [0.25, 0.3) is 0 Å². The fraction of sp³-hybridized carbons (Fsp3) is 0.0667. The molecule has 0 aromatic heterocycles. The molecule has 130 valence electrons. The van der Waals surface area contributed by atoms with Gasteiger partial charge in [0.1, 0.15) is 5.75 Å². The minimum Gasteiger partial charge on any atom is -0.484 e. The lowest BCUT2D eigenvalue weighted by Gasteiger charge is -2.09. The molecule has 0 bridgehead atoms. The fourth-order valence-corrected chi connectivity index (χ4v) is 2.26. The number of non-ortho nitro benzene ring substituents is 1. The Balaban J connectivity index is 1.82. The van der Waals surface area contributed by atoms with E-state index in [2.05, 4.69) is 10.9 Å². The Morgan fingerprint density at radius 2 is 1.64 bits per heavy atom. The summed E-state index contributed by atoms with van der Waals surface area (Å²) in [7, 11) is 0. The number of nitro benzene ring substituents is 1. The van der Waals surface area contributed by atoms with Crippen molar-refractivity contribution >= 4 is 40.7 Å². The zero-order valence-corrected chi connectivity index (χ0v) is 14.0. The van der Waals surface area contributed by atoms with E-state index in [0.717, 1.165) is 0 Å². The number of hydrogen-bond donors (Lipinski definition) is 2. The number of benzene rings is 2. The van der Waals surface area contributed by atoms with Crippen LogP contribution in [0.15, 0.2) is 42.5 Å². The molecule has 2 amide bonds. The summed E-state index contributed by atoms with van der Waals surface area (Å²) in [5.74, 6) is -0.957. The maximum Gasteiger partial charge on any atom is 0.276 e. The van der Waals surface area contributed by atoms with Crippen LogP contribution in [0, 0.1) is 10.1 Å². The van der Waals surface area contributed by atoms with Gasteiger partial charge in [-0.15, -0.1) is 0 Å². The molecule has 0 atom stereocenters. The summed E-state index contributed by atoms with van der Waals surface area (Å²) in [6.45, 7) is -0.394. The number of halogens is 2. The molecule has 0 saturated heterocycles. The van der Waals surface area contributed by atoms with Crippen molar-refractivity contribution in [2.45, 2.75) is 0 Å². The molecule has 0 spiro atoms. The van der Waals surface area contributed by atoms with Gasteiger partial charge in [0.05, 0.1) is 4.92 Å². The quantitative estimate of drug-likeness (QED) is 0.608. The second-order valence-corrected chi connectivity index (χ2v) is 5.57. The third-order valence-corrected chi connectivity index (χ3v) is 3.29. The minimum absolute atomic E-state index is 0.0933. The van der Waals surface area contributed by atoms with Gasteiger partial charge in [0.15, 0.2) is 6.61 Å². The topological polar surface area (TPSA) is 111 Å². The maximum atomic E-state index is 11.9. The Kier molecular flexibility index (Phi) is 6.15. The largest absolute Gasteiger partial charge is 0.484 e. The van der Waals surface area contributed by atoms with Crippen LogP contribution in [0.5, 0.6) is 5.75 Å². The van der Waals surface area contributed by atoms with E-state index < -0.39 is 23.3 Å². The van der Waals surface area contributed by atoms with E-state index in [0.29, 0.717) is 0 Å². The first kappa shape index (κ1) is 18.5. The summed E-state index contributed by atoms with van der Waals surface area (Å²) < 4.78 is 5.15. The standard InChI is InChI=1S/C15H11Cl2N3O5/c16-10-5-9(6-11(17)7-10)15(22)19-18-14(21)8-25-13-3-1-12(2-4-13)20(23)24/h1-7H,8H2,(H,18,21)(H,19,22). The summed E-state index contributed by atoms with van der Waals surface area (Å²) >= 11 is 11.6. The molecule has 0 fully saturated rings. The minimum atomic E-state index is -0.625. The number of carbonyl (C=O) groups excluding carboxylic acids is 2. The van der Waals surface area contributed by atoms with Gasteiger partial charge in [0, 0.05) is 27.7 Å². The smallest absolute Gasteiger partial charge is 0.276 e. The van der Waals surface area contributed by atoms with Gasteiger partial charge in [0.25, 0.3) is 17.5 Å². The van der Waals surface area contributed by atoms with Crippen LogP contribution in [0.4, 0.5) is 5.69 Å². The second kappa shape index (κ2) is 8.32. The van der Waals surface area contributed by atoms with Gasteiger partial charge in [-0.25, -0.2) is 0 Å². The number of nitrogens with one attached hydrogen (secondary N) is 2. The molecule has 8 nitrogen and oxygen atoms in total. The van der Waals surface area contributed by atoms with E-state index in [1.165, 1.54) is 42.5 Å². The molecule has 0 heterocycles. The summed E-state index contributed by atoms with van der Waals surface area (Å²) in [6, 6.07) is 9.47. The zero-order chi connectivity index (χ0) is 18.4. The highest BCUT2D eigenvalue weighted by Gasteiger charge is 2.10.